The Bertz CT molecular complexity index is 428. The summed E-state index contributed by atoms with van der Waals surface area (Å²) in [5.41, 5.74) is 6.41. The number of nitrogens with zero attached hydrogens (tertiary/aromatic N) is 2. The lowest BCUT2D eigenvalue weighted by molar-refractivity contribution is 0.633. The zero-order valence-corrected chi connectivity index (χ0v) is 6.16. The molecule has 0 spiro atoms. The molecule has 0 fully saturated rings. The molecule has 0 unspecified atom stereocenters. The lowest BCUT2D eigenvalue weighted by Gasteiger charge is -1.97. The van der Waals surface area contributed by atoms with Gasteiger partial charge in [0, 0.05) is 5.39 Å². The number of fused-ring (bicyclic) bond motifs is 1. The molecule has 0 amide bonds. The average molecular weight is 163 g/mol. The summed E-state index contributed by atoms with van der Waals surface area (Å²) >= 11 is 0. The molecule has 0 aliphatic heterocycles. The second-order valence-corrected chi connectivity index (χ2v) is 2.46. The molecule has 0 atom stereocenters. The van der Waals surface area contributed by atoms with Crippen LogP contribution in [-0.2, 0) is 0 Å². The molecule has 0 bridgehead atoms. The van der Waals surface area contributed by atoms with Gasteiger partial charge in [-0.2, -0.15) is 0 Å². The van der Waals surface area contributed by atoms with E-state index in [1.165, 1.54) is 12.4 Å². The van der Waals surface area contributed by atoms with Gasteiger partial charge in [-0.3, -0.25) is 9.97 Å². The third-order valence-corrected chi connectivity index (χ3v) is 1.58. The van der Waals surface area contributed by atoms with Crippen molar-refractivity contribution in [3.8, 4) is 0 Å². The fourth-order valence-corrected chi connectivity index (χ4v) is 1.03. The Hall–Kier alpha value is -1.71. The van der Waals surface area contributed by atoms with Crippen molar-refractivity contribution in [2.24, 2.45) is 0 Å². The standard InChI is InChI=1S/C8H6FN3/c9-7-3-11-4-8-6(7)1-5(10)2-12-8/h1-4H,10H2. The molecule has 2 aromatic rings. The van der Waals surface area contributed by atoms with Gasteiger partial charge < -0.3 is 5.73 Å². The summed E-state index contributed by atoms with van der Waals surface area (Å²) in [6.07, 6.45) is 4.12. The minimum atomic E-state index is -0.396. The molecule has 0 aromatic carbocycles. The van der Waals surface area contributed by atoms with Crippen LogP contribution in [0.2, 0.25) is 0 Å². The highest BCUT2D eigenvalue weighted by molar-refractivity contribution is 5.80. The lowest BCUT2D eigenvalue weighted by atomic mass is 10.2. The van der Waals surface area contributed by atoms with Gasteiger partial charge in [-0.1, -0.05) is 0 Å². The van der Waals surface area contributed by atoms with E-state index in [2.05, 4.69) is 9.97 Å². The minimum absolute atomic E-state index is 0.396. The highest BCUT2D eigenvalue weighted by atomic mass is 19.1. The summed E-state index contributed by atoms with van der Waals surface area (Å²) in [6.45, 7) is 0. The van der Waals surface area contributed by atoms with E-state index in [9.17, 15) is 4.39 Å². The summed E-state index contributed by atoms with van der Waals surface area (Å²) in [5.74, 6) is -0.396. The number of pyridine rings is 2. The molecule has 2 heterocycles. The van der Waals surface area contributed by atoms with E-state index in [0.717, 1.165) is 6.20 Å². The Morgan fingerprint density at radius 2 is 2.08 bits per heavy atom. The van der Waals surface area contributed by atoms with Gasteiger partial charge in [-0.25, -0.2) is 4.39 Å². The van der Waals surface area contributed by atoms with Gasteiger partial charge in [-0.15, -0.1) is 0 Å². The van der Waals surface area contributed by atoms with Gasteiger partial charge in [0.1, 0.15) is 0 Å². The highest BCUT2D eigenvalue weighted by Crippen LogP contribution is 2.15. The second-order valence-electron chi connectivity index (χ2n) is 2.46. The van der Waals surface area contributed by atoms with Crippen LogP contribution in [0.25, 0.3) is 10.9 Å². The molecule has 0 saturated heterocycles. The van der Waals surface area contributed by atoms with E-state index >= 15 is 0 Å². The molecule has 0 aliphatic carbocycles. The van der Waals surface area contributed by atoms with Crippen molar-refractivity contribution in [3.05, 3.63) is 30.5 Å². The van der Waals surface area contributed by atoms with E-state index in [1.54, 1.807) is 6.07 Å². The van der Waals surface area contributed by atoms with Crippen LogP contribution in [0.4, 0.5) is 10.1 Å². The van der Waals surface area contributed by atoms with Crippen LogP contribution in [0, 0.1) is 5.82 Å². The highest BCUT2D eigenvalue weighted by Gasteiger charge is 2.00. The number of anilines is 1. The van der Waals surface area contributed by atoms with Crippen molar-refractivity contribution >= 4 is 16.6 Å². The van der Waals surface area contributed by atoms with E-state index in [-0.39, 0.29) is 0 Å². The first-order valence-electron chi connectivity index (χ1n) is 3.42. The number of hydrogen-bond acceptors (Lipinski definition) is 3. The Morgan fingerprint density at radius 3 is 2.92 bits per heavy atom. The minimum Gasteiger partial charge on any atom is -0.397 e. The normalized spacial score (nSPS) is 10.4. The first-order chi connectivity index (χ1) is 5.77. The van der Waals surface area contributed by atoms with Gasteiger partial charge >= 0.3 is 0 Å². The third-order valence-electron chi connectivity index (χ3n) is 1.58. The first-order valence-corrected chi connectivity index (χ1v) is 3.42. The Labute approximate surface area is 68.1 Å². The maximum Gasteiger partial charge on any atom is 0.150 e. The Balaban J connectivity index is 2.88. The average Bonchev–Trinajstić information content (AvgIpc) is 2.07. The van der Waals surface area contributed by atoms with Gasteiger partial charge in [-0.05, 0) is 6.07 Å². The number of halogens is 1. The second kappa shape index (κ2) is 2.41. The van der Waals surface area contributed by atoms with Gasteiger partial charge in [0.25, 0.3) is 0 Å². The fraction of sp³-hybridized carbons (Fsp3) is 0. The zero-order valence-electron chi connectivity index (χ0n) is 6.16. The molecule has 0 saturated carbocycles. The molecule has 2 N–H and O–H groups in total. The van der Waals surface area contributed by atoms with Crippen LogP contribution in [0.15, 0.2) is 24.7 Å². The maximum atomic E-state index is 13.0. The predicted octanol–water partition coefficient (Wildman–Crippen LogP) is 1.35. The smallest absolute Gasteiger partial charge is 0.150 e. The van der Waals surface area contributed by atoms with Crippen LogP contribution < -0.4 is 5.73 Å². The summed E-state index contributed by atoms with van der Waals surface area (Å²) in [6, 6.07) is 1.54. The molecule has 2 aromatic heterocycles. The van der Waals surface area contributed by atoms with Crippen LogP contribution in [0.1, 0.15) is 0 Å². The van der Waals surface area contributed by atoms with Crippen molar-refractivity contribution in [2.45, 2.75) is 0 Å². The van der Waals surface area contributed by atoms with E-state index in [1.807, 2.05) is 0 Å². The zero-order chi connectivity index (χ0) is 8.55. The SMILES string of the molecule is Nc1cnc2cncc(F)c2c1. The fourth-order valence-electron chi connectivity index (χ4n) is 1.03. The largest absolute Gasteiger partial charge is 0.397 e. The summed E-state index contributed by atoms with van der Waals surface area (Å²) in [4.78, 5) is 7.58. The van der Waals surface area contributed by atoms with Gasteiger partial charge in [0.05, 0.1) is 29.8 Å². The topological polar surface area (TPSA) is 51.8 Å². The van der Waals surface area contributed by atoms with Crippen LogP contribution >= 0.6 is 0 Å². The van der Waals surface area contributed by atoms with Crippen LogP contribution in [0.3, 0.4) is 0 Å². The van der Waals surface area contributed by atoms with Crippen molar-refractivity contribution in [3.63, 3.8) is 0 Å². The van der Waals surface area contributed by atoms with Crippen LogP contribution in [-0.4, -0.2) is 9.97 Å². The molecule has 12 heavy (non-hydrogen) atoms. The molecule has 0 aliphatic rings. The number of aromatic nitrogens is 2. The van der Waals surface area contributed by atoms with Crippen molar-refractivity contribution in [1.29, 1.82) is 0 Å². The quantitative estimate of drug-likeness (QED) is 0.637. The van der Waals surface area contributed by atoms with E-state index < -0.39 is 5.82 Å². The predicted molar refractivity (Wildman–Crippen MR) is 43.9 cm³/mol. The van der Waals surface area contributed by atoms with Gasteiger partial charge in [0.15, 0.2) is 5.82 Å². The summed E-state index contributed by atoms with van der Waals surface area (Å²) < 4.78 is 13.0. The monoisotopic (exact) mass is 163 g/mol. The number of nitrogens with two attached hydrogens (primary N) is 1. The number of nitrogen functional groups attached to an aromatic ring is 1. The molecule has 0 radical (unpaired) electrons. The van der Waals surface area contributed by atoms with E-state index in [4.69, 9.17) is 5.73 Å². The number of rotatable bonds is 0. The molecule has 4 heteroatoms. The summed E-state index contributed by atoms with van der Waals surface area (Å²) in [7, 11) is 0. The summed E-state index contributed by atoms with van der Waals surface area (Å²) in [5, 5.41) is 0.407. The Kier molecular flexibility index (Phi) is 1.40. The van der Waals surface area contributed by atoms with Gasteiger partial charge in [0.2, 0.25) is 0 Å². The Morgan fingerprint density at radius 1 is 1.25 bits per heavy atom. The molecule has 3 nitrogen and oxygen atoms in total. The van der Waals surface area contributed by atoms with Crippen molar-refractivity contribution in [1.82, 2.24) is 9.97 Å². The third kappa shape index (κ3) is 0.972. The molecule has 2 rings (SSSR count). The molecule has 60 valence electrons. The van der Waals surface area contributed by atoms with E-state index in [0.29, 0.717) is 16.6 Å². The van der Waals surface area contributed by atoms with Crippen molar-refractivity contribution in [2.75, 3.05) is 5.73 Å². The molecular formula is C8H6FN3. The lowest BCUT2D eigenvalue weighted by Crippen LogP contribution is -1.90. The first kappa shape index (κ1) is 6.97. The number of hydrogen-bond donors (Lipinski definition) is 1. The maximum absolute atomic E-state index is 13.0. The molecular weight excluding hydrogens is 157 g/mol. The van der Waals surface area contributed by atoms with Crippen molar-refractivity contribution < 1.29 is 4.39 Å². The van der Waals surface area contributed by atoms with Crippen LogP contribution in [0.5, 0.6) is 0 Å².